The van der Waals surface area contributed by atoms with Crippen LogP contribution in [0.25, 0.3) is 0 Å². The molecule has 0 spiro atoms. The monoisotopic (exact) mass is 188 g/mol. The molecule has 0 aliphatic rings. The van der Waals surface area contributed by atoms with E-state index in [9.17, 15) is 4.79 Å². The Hall–Kier alpha value is -0.610. The van der Waals surface area contributed by atoms with Crippen molar-refractivity contribution < 1.29 is 9.53 Å². The van der Waals surface area contributed by atoms with Crippen LogP contribution in [-0.2, 0) is 9.53 Å². The van der Waals surface area contributed by atoms with Crippen LogP contribution in [0.2, 0.25) is 0 Å². The molecule has 0 fully saturated rings. The minimum absolute atomic E-state index is 0.327. The Morgan fingerprint density at radius 2 is 2.00 bits per heavy atom. The standard InChI is InChI=1S/C9H20N2O2/c1-4-11(5-2)7-6-8(10)9(12)13-3/h8H,4-7,10H2,1-3H3. The summed E-state index contributed by atoms with van der Waals surface area (Å²) in [6, 6.07) is -0.481. The lowest BCUT2D eigenvalue weighted by Gasteiger charge is -2.19. The van der Waals surface area contributed by atoms with Gasteiger partial charge >= 0.3 is 5.97 Å². The van der Waals surface area contributed by atoms with Crippen molar-refractivity contribution in [2.75, 3.05) is 26.7 Å². The molecule has 0 aliphatic carbocycles. The molecule has 1 atom stereocenters. The quantitative estimate of drug-likeness (QED) is 0.606. The molecule has 0 rings (SSSR count). The Bertz CT molecular complexity index is 147. The van der Waals surface area contributed by atoms with Gasteiger partial charge in [0.25, 0.3) is 0 Å². The minimum atomic E-state index is -0.481. The van der Waals surface area contributed by atoms with Gasteiger partial charge in [-0.3, -0.25) is 4.79 Å². The first kappa shape index (κ1) is 12.4. The van der Waals surface area contributed by atoms with Crippen molar-refractivity contribution in [3.8, 4) is 0 Å². The molecule has 0 aliphatic heterocycles. The van der Waals surface area contributed by atoms with Crippen molar-refractivity contribution in [1.82, 2.24) is 4.90 Å². The van der Waals surface area contributed by atoms with Gasteiger partial charge in [-0.15, -0.1) is 0 Å². The maximum absolute atomic E-state index is 10.9. The first-order valence-electron chi connectivity index (χ1n) is 4.71. The van der Waals surface area contributed by atoms with Gasteiger partial charge in [-0.05, 0) is 19.5 Å². The van der Waals surface area contributed by atoms with Crippen molar-refractivity contribution in [2.45, 2.75) is 26.3 Å². The summed E-state index contributed by atoms with van der Waals surface area (Å²) >= 11 is 0. The number of rotatable bonds is 6. The highest BCUT2D eigenvalue weighted by atomic mass is 16.5. The zero-order valence-corrected chi connectivity index (χ0v) is 8.75. The molecule has 0 bridgehead atoms. The fraction of sp³-hybridized carbons (Fsp3) is 0.889. The van der Waals surface area contributed by atoms with Crippen molar-refractivity contribution in [2.24, 2.45) is 5.73 Å². The van der Waals surface area contributed by atoms with Crippen molar-refractivity contribution >= 4 is 5.97 Å². The first-order chi connectivity index (χ1) is 6.15. The second kappa shape index (κ2) is 6.86. The fourth-order valence-electron chi connectivity index (χ4n) is 1.13. The van der Waals surface area contributed by atoms with Crippen LogP contribution in [-0.4, -0.2) is 43.7 Å². The van der Waals surface area contributed by atoms with Crippen LogP contribution in [0.5, 0.6) is 0 Å². The van der Waals surface area contributed by atoms with Gasteiger partial charge in [0, 0.05) is 6.54 Å². The molecular formula is C9H20N2O2. The Labute approximate surface area is 80.0 Å². The normalized spacial score (nSPS) is 13.0. The van der Waals surface area contributed by atoms with E-state index in [1.54, 1.807) is 0 Å². The van der Waals surface area contributed by atoms with Gasteiger partial charge in [-0.2, -0.15) is 0 Å². The van der Waals surface area contributed by atoms with Gasteiger partial charge < -0.3 is 15.4 Å². The van der Waals surface area contributed by atoms with Crippen LogP contribution in [0, 0.1) is 0 Å². The van der Waals surface area contributed by atoms with E-state index in [4.69, 9.17) is 5.73 Å². The number of ether oxygens (including phenoxy) is 1. The lowest BCUT2D eigenvalue weighted by Crippen LogP contribution is -2.36. The highest BCUT2D eigenvalue weighted by molar-refractivity contribution is 5.75. The number of nitrogens with zero attached hydrogens (tertiary/aromatic N) is 1. The van der Waals surface area contributed by atoms with Crippen LogP contribution in [0.3, 0.4) is 0 Å². The summed E-state index contributed by atoms with van der Waals surface area (Å²) in [6.07, 6.45) is 0.661. The average molecular weight is 188 g/mol. The molecule has 0 aromatic rings. The summed E-state index contributed by atoms with van der Waals surface area (Å²) in [5.74, 6) is -0.327. The Balaban J connectivity index is 3.67. The summed E-state index contributed by atoms with van der Waals surface area (Å²) in [7, 11) is 1.36. The zero-order chi connectivity index (χ0) is 10.3. The Morgan fingerprint density at radius 3 is 2.38 bits per heavy atom. The van der Waals surface area contributed by atoms with Crippen LogP contribution in [0.4, 0.5) is 0 Å². The highest BCUT2D eigenvalue weighted by Crippen LogP contribution is 1.95. The van der Waals surface area contributed by atoms with E-state index in [0.717, 1.165) is 19.6 Å². The molecule has 13 heavy (non-hydrogen) atoms. The first-order valence-corrected chi connectivity index (χ1v) is 4.71. The molecule has 0 amide bonds. The zero-order valence-electron chi connectivity index (χ0n) is 8.75. The fourth-order valence-corrected chi connectivity index (χ4v) is 1.13. The molecule has 0 saturated heterocycles. The van der Waals surface area contributed by atoms with E-state index >= 15 is 0 Å². The molecule has 0 aromatic heterocycles. The molecule has 1 unspecified atom stereocenters. The molecule has 4 heteroatoms. The van der Waals surface area contributed by atoms with Gasteiger partial charge in [-0.1, -0.05) is 13.8 Å². The number of carbonyl (C=O) groups excluding carboxylic acids is 1. The van der Waals surface area contributed by atoms with Gasteiger partial charge in [-0.25, -0.2) is 0 Å². The second-order valence-corrected chi connectivity index (χ2v) is 2.95. The number of nitrogens with two attached hydrogens (primary N) is 1. The van der Waals surface area contributed by atoms with E-state index in [-0.39, 0.29) is 5.97 Å². The number of hydrogen-bond donors (Lipinski definition) is 1. The van der Waals surface area contributed by atoms with Crippen molar-refractivity contribution in [1.29, 1.82) is 0 Å². The van der Waals surface area contributed by atoms with E-state index in [2.05, 4.69) is 23.5 Å². The lowest BCUT2D eigenvalue weighted by molar-refractivity contribution is -0.142. The molecule has 0 aromatic carbocycles. The third-order valence-corrected chi connectivity index (χ3v) is 2.15. The van der Waals surface area contributed by atoms with Crippen LogP contribution in [0.1, 0.15) is 20.3 Å². The summed E-state index contributed by atoms with van der Waals surface area (Å²) < 4.78 is 4.53. The van der Waals surface area contributed by atoms with Crippen LogP contribution in [0.15, 0.2) is 0 Å². The average Bonchev–Trinajstić information content (AvgIpc) is 2.17. The van der Waals surface area contributed by atoms with E-state index in [1.807, 2.05) is 0 Å². The predicted molar refractivity (Wildman–Crippen MR) is 52.4 cm³/mol. The van der Waals surface area contributed by atoms with Crippen molar-refractivity contribution in [3.05, 3.63) is 0 Å². The van der Waals surface area contributed by atoms with E-state index in [1.165, 1.54) is 7.11 Å². The van der Waals surface area contributed by atoms with Crippen LogP contribution >= 0.6 is 0 Å². The summed E-state index contributed by atoms with van der Waals surface area (Å²) in [5, 5.41) is 0. The number of hydrogen-bond acceptors (Lipinski definition) is 4. The van der Waals surface area contributed by atoms with E-state index in [0.29, 0.717) is 6.42 Å². The third kappa shape index (κ3) is 4.85. The molecule has 0 radical (unpaired) electrons. The Kier molecular flexibility index (Phi) is 6.54. The maximum Gasteiger partial charge on any atom is 0.322 e. The predicted octanol–water partition coefficient (Wildman–Crippen LogP) is 0.219. The Morgan fingerprint density at radius 1 is 1.46 bits per heavy atom. The maximum atomic E-state index is 10.9. The smallest absolute Gasteiger partial charge is 0.322 e. The minimum Gasteiger partial charge on any atom is -0.468 e. The lowest BCUT2D eigenvalue weighted by atomic mass is 10.2. The molecule has 2 N–H and O–H groups in total. The van der Waals surface area contributed by atoms with Gasteiger partial charge in [0.05, 0.1) is 7.11 Å². The van der Waals surface area contributed by atoms with Crippen molar-refractivity contribution in [3.63, 3.8) is 0 Å². The summed E-state index contributed by atoms with van der Waals surface area (Å²) in [6.45, 7) is 7.01. The highest BCUT2D eigenvalue weighted by Gasteiger charge is 2.13. The number of methoxy groups -OCH3 is 1. The number of esters is 1. The second-order valence-electron chi connectivity index (χ2n) is 2.95. The van der Waals surface area contributed by atoms with Gasteiger partial charge in [0.1, 0.15) is 6.04 Å². The van der Waals surface area contributed by atoms with Gasteiger partial charge in [0.15, 0.2) is 0 Å². The SMILES string of the molecule is CCN(CC)CCC(N)C(=O)OC. The molecule has 0 saturated carbocycles. The third-order valence-electron chi connectivity index (χ3n) is 2.15. The summed E-state index contributed by atoms with van der Waals surface area (Å²) in [5.41, 5.74) is 5.58. The molecular weight excluding hydrogens is 168 g/mol. The number of carbonyl (C=O) groups is 1. The van der Waals surface area contributed by atoms with Crippen LogP contribution < -0.4 is 5.73 Å². The topological polar surface area (TPSA) is 55.6 Å². The van der Waals surface area contributed by atoms with Gasteiger partial charge in [0.2, 0.25) is 0 Å². The largest absolute Gasteiger partial charge is 0.468 e. The molecule has 4 nitrogen and oxygen atoms in total. The molecule has 0 heterocycles. The molecule has 78 valence electrons. The van der Waals surface area contributed by atoms with E-state index < -0.39 is 6.04 Å². The summed E-state index contributed by atoms with van der Waals surface area (Å²) in [4.78, 5) is 13.2.